The van der Waals surface area contributed by atoms with Gasteiger partial charge in [0.25, 0.3) is 0 Å². The van der Waals surface area contributed by atoms with Crippen molar-refractivity contribution in [3.05, 3.63) is 0 Å². The van der Waals surface area contributed by atoms with Gasteiger partial charge in [0.2, 0.25) is 0 Å². The second-order valence-electron chi connectivity index (χ2n) is 2.93. The van der Waals surface area contributed by atoms with Crippen LogP contribution in [-0.4, -0.2) is 23.1 Å². The summed E-state index contributed by atoms with van der Waals surface area (Å²) in [5.74, 6) is 0.291. The van der Waals surface area contributed by atoms with Crippen LogP contribution in [0.2, 0.25) is 0 Å². The SMILES string of the molecule is CCC(NC1CC1)C(N)=NO. The van der Waals surface area contributed by atoms with Crippen molar-refractivity contribution >= 4 is 5.84 Å². The average molecular weight is 157 g/mol. The maximum atomic E-state index is 8.39. The fourth-order valence-corrected chi connectivity index (χ4v) is 1.02. The molecule has 0 saturated heterocycles. The minimum Gasteiger partial charge on any atom is -0.409 e. The largest absolute Gasteiger partial charge is 0.409 e. The molecule has 0 amide bonds. The van der Waals surface area contributed by atoms with Crippen LogP contribution in [-0.2, 0) is 0 Å². The third-order valence-corrected chi connectivity index (χ3v) is 1.89. The molecule has 1 unspecified atom stereocenters. The van der Waals surface area contributed by atoms with Crippen molar-refractivity contribution in [3.63, 3.8) is 0 Å². The molecule has 1 saturated carbocycles. The van der Waals surface area contributed by atoms with Crippen molar-refractivity contribution in [1.82, 2.24) is 5.32 Å². The first kappa shape index (κ1) is 8.33. The molecule has 0 bridgehead atoms. The van der Waals surface area contributed by atoms with Crippen LogP contribution in [0, 0.1) is 0 Å². The van der Waals surface area contributed by atoms with Gasteiger partial charge >= 0.3 is 0 Å². The van der Waals surface area contributed by atoms with E-state index in [9.17, 15) is 0 Å². The van der Waals surface area contributed by atoms with Crippen molar-refractivity contribution in [1.29, 1.82) is 0 Å². The lowest BCUT2D eigenvalue weighted by atomic mass is 10.2. The summed E-state index contributed by atoms with van der Waals surface area (Å²) in [6, 6.07) is 0.646. The predicted molar refractivity (Wildman–Crippen MR) is 43.6 cm³/mol. The van der Waals surface area contributed by atoms with Gasteiger partial charge in [-0.1, -0.05) is 12.1 Å². The molecular weight excluding hydrogens is 142 g/mol. The minimum absolute atomic E-state index is 0.0486. The lowest BCUT2D eigenvalue weighted by Gasteiger charge is -2.13. The van der Waals surface area contributed by atoms with Gasteiger partial charge in [0.1, 0.15) is 0 Å². The van der Waals surface area contributed by atoms with Crippen LogP contribution in [0.15, 0.2) is 5.16 Å². The lowest BCUT2D eigenvalue weighted by Crippen LogP contribution is -2.42. The molecule has 4 N–H and O–H groups in total. The molecule has 0 aromatic rings. The van der Waals surface area contributed by atoms with E-state index in [1.165, 1.54) is 12.8 Å². The highest BCUT2D eigenvalue weighted by molar-refractivity contribution is 5.85. The first-order valence-corrected chi connectivity index (χ1v) is 4.01. The van der Waals surface area contributed by atoms with Crippen LogP contribution >= 0.6 is 0 Å². The van der Waals surface area contributed by atoms with Crippen molar-refractivity contribution in [3.8, 4) is 0 Å². The summed E-state index contributed by atoms with van der Waals surface area (Å²) in [6.45, 7) is 2.01. The van der Waals surface area contributed by atoms with Gasteiger partial charge in [0.05, 0.1) is 6.04 Å². The summed E-state index contributed by atoms with van der Waals surface area (Å²) >= 11 is 0. The van der Waals surface area contributed by atoms with E-state index in [4.69, 9.17) is 10.9 Å². The van der Waals surface area contributed by atoms with Crippen molar-refractivity contribution in [2.24, 2.45) is 10.9 Å². The fraction of sp³-hybridized carbons (Fsp3) is 0.857. The van der Waals surface area contributed by atoms with Gasteiger partial charge in [-0.2, -0.15) is 0 Å². The van der Waals surface area contributed by atoms with Crippen LogP contribution in [0.1, 0.15) is 26.2 Å². The number of nitrogens with one attached hydrogen (secondary N) is 1. The zero-order valence-electron chi connectivity index (χ0n) is 6.75. The van der Waals surface area contributed by atoms with E-state index in [0.717, 1.165) is 6.42 Å². The normalized spacial score (nSPS) is 21.7. The second kappa shape index (κ2) is 3.57. The zero-order chi connectivity index (χ0) is 8.27. The highest BCUT2D eigenvalue weighted by Gasteiger charge is 2.25. The highest BCUT2D eigenvalue weighted by Crippen LogP contribution is 2.19. The Balaban J connectivity index is 2.34. The van der Waals surface area contributed by atoms with E-state index >= 15 is 0 Å². The van der Waals surface area contributed by atoms with Crippen molar-refractivity contribution < 1.29 is 5.21 Å². The average Bonchev–Trinajstić information content (AvgIpc) is 2.82. The minimum atomic E-state index is 0.0486. The van der Waals surface area contributed by atoms with Crippen LogP contribution in [0.25, 0.3) is 0 Å². The summed E-state index contributed by atoms with van der Waals surface area (Å²) in [4.78, 5) is 0. The lowest BCUT2D eigenvalue weighted by molar-refractivity contribution is 0.314. The maximum absolute atomic E-state index is 8.39. The van der Waals surface area contributed by atoms with Crippen LogP contribution in [0.3, 0.4) is 0 Å². The molecular formula is C7H15N3O. The Morgan fingerprint density at radius 1 is 1.82 bits per heavy atom. The summed E-state index contributed by atoms with van der Waals surface area (Å²) in [5.41, 5.74) is 5.44. The molecule has 64 valence electrons. The summed E-state index contributed by atoms with van der Waals surface area (Å²) in [7, 11) is 0. The number of hydrogen-bond acceptors (Lipinski definition) is 3. The number of rotatable bonds is 4. The molecule has 0 spiro atoms. The molecule has 4 heteroatoms. The fourth-order valence-electron chi connectivity index (χ4n) is 1.02. The smallest absolute Gasteiger partial charge is 0.156 e. The molecule has 1 rings (SSSR count). The molecule has 1 fully saturated rings. The van der Waals surface area contributed by atoms with Gasteiger partial charge < -0.3 is 16.3 Å². The predicted octanol–water partition coefficient (Wildman–Crippen LogP) is 0.263. The molecule has 0 aliphatic heterocycles. The number of nitrogens with zero attached hydrogens (tertiary/aromatic N) is 1. The molecule has 0 aromatic heterocycles. The Labute approximate surface area is 66.5 Å². The Kier molecular flexibility index (Phi) is 2.70. The number of nitrogens with two attached hydrogens (primary N) is 1. The number of amidine groups is 1. The zero-order valence-corrected chi connectivity index (χ0v) is 6.75. The van der Waals surface area contributed by atoms with Gasteiger partial charge in [-0.15, -0.1) is 0 Å². The van der Waals surface area contributed by atoms with Gasteiger partial charge in [0, 0.05) is 6.04 Å². The quantitative estimate of drug-likeness (QED) is 0.237. The van der Waals surface area contributed by atoms with E-state index in [1.54, 1.807) is 0 Å². The van der Waals surface area contributed by atoms with E-state index in [1.807, 2.05) is 6.92 Å². The molecule has 0 radical (unpaired) electrons. The number of oxime groups is 1. The maximum Gasteiger partial charge on any atom is 0.156 e. The van der Waals surface area contributed by atoms with Gasteiger partial charge in [0.15, 0.2) is 5.84 Å². The molecule has 0 heterocycles. The van der Waals surface area contributed by atoms with E-state index < -0.39 is 0 Å². The Bertz CT molecular complexity index is 154. The van der Waals surface area contributed by atoms with Gasteiger partial charge in [-0.25, -0.2) is 0 Å². The van der Waals surface area contributed by atoms with Gasteiger partial charge in [-0.3, -0.25) is 0 Å². The first-order valence-electron chi connectivity index (χ1n) is 4.01. The summed E-state index contributed by atoms with van der Waals surface area (Å²) < 4.78 is 0. The van der Waals surface area contributed by atoms with Crippen LogP contribution < -0.4 is 11.1 Å². The van der Waals surface area contributed by atoms with E-state index in [-0.39, 0.29) is 6.04 Å². The van der Waals surface area contributed by atoms with Crippen molar-refractivity contribution in [2.45, 2.75) is 38.3 Å². The van der Waals surface area contributed by atoms with E-state index in [2.05, 4.69) is 10.5 Å². The summed E-state index contributed by atoms with van der Waals surface area (Å²) in [5, 5.41) is 14.6. The monoisotopic (exact) mass is 157 g/mol. The molecule has 1 atom stereocenters. The van der Waals surface area contributed by atoms with Crippen LogP contribution in [0.4, 0.5) is 0 Å². The van der Waals surface area contributed by atoms with E-state index in [0.29, 0.717) is 11.9 Å². The van der Waals surface area contributed by atoms with Crippen LogP contribution in [0.5, 0.6) is 0 Å². The molecule has 11 heavy (non-hydrogen) atoms. The second-order valence-corrected chi connectivity index (χ2v) is 2.93. The number of hydrogen-bond donors (Lipinski definition) is 3. The third kappa shape index (κ3) is 2.38. The highest BCUT2D eigenvalue weighted by atomic mass is 16.4. The Hall–Kier alpha value is -0.770. The topological polar surface area (TPSA) is 70.6 Å². The van der Waals surface area contributed by atoms with Crippen molar-refractivity contribution in [2.75, 3.05) is 0 Å². The first-order chi connectivity index (χ1) is 5.27. The summed E-state index contributed by atoms with van der Waals surface area (Å²) in [6.07, 6.45) is 3.30. The van der Waals surface area contributed by atoms with Gasteiger partial charge in [-0.05, 0) is 19.3 Å². The standard InChI is InChI=1S/C7H15N3O/c1-2-6(7(8)10-11)9-5-3-4-5/h5-6,9,11H,2-4H2,1H3,(H2,8,10). The Morgan fingerprint density at radius 3 is 2.82 bits per heavy atom. The Morgan fingerprint density at radius 2 is 2.45 bits per heavy atom. The molecule has 4 nitrogen and oxygen atoms in total. The molecule has 0 aromatic carbocycles. The molecule has 1 aliphatic carbocycles. The molecule has 1 aliphatic rings. The third-order valence-electron chi connectivity index (χ3n) is 1.89.